The van der Waals surface area contributed by atoms with Crippen LogP contribution in [-0.4, -0.2) is 56.9 Å². The number of hydrogen-bond acceptors (Lipinski definition) is 3. The standard InChI is InChI=1S/C18H29N3O2.HI/c1-4-19-17(21(2)14-16-8-6-5-7-9-16)20-15-18(22-3)10-12-23-13-11-18;/h5-9H,4,10-15H2,1-3H3,(H,19,20);1H. The molecule has 1 saturated heterocycles. The van der Waals surface area contributed by atoms with Crippen LogP contribution in [0.4, 0.5) is 0 Å². The number of aliphatic imine (C=N–C) groups is 1. The minimum Gasteiger partial charge on any atom is -0.381 e. The molecule has 1 aromatic rings. The Balaban J connectivity index is 0.00000288. The van der Waals surface area contributed by atoms with Gasteiger partial charge in [0, 0.05) is 53.3 Å². The molecule has 0 atom stereocenters. The van der Waals surface area contributed by atoms with Crippen LogP contribution in [0.2, 0.25) is 0 Å². The molecule has 6 heteroatoms. The number of benzene rings is 1. The molecule has 0 bridgehead atoms. The number of nitrogens with zero attached hydrogens (tertiary/aromatic N) is 2. The molecule has 24 heavy (non-hydrogen) atoms. The third-order valence-electron chi connectivity index (χ3n) is 4.31. The minimum atomic E-state index is -0.188. The van der Waals surface area contributed by atoms with Gasteiger partial charge in [0.25, 0.3) is 0 Å². The summed E-state index contributed by atoms with van der Waals surface area (Å²) in [5.74, 6) is 0.916. The van der Waals surface area contributed by atoms with E-state index in [1.165, 1.54) is 5.56 Å². The fourth-order valence-corrected chi connectivity index (χ4v) is 2.79. The fraction of sp³-hybridized carbons (Fsp3) is 0.611. The molecule has 1 aliphatic rings. The quantitative estimate of drug-likeness (QED) is 0.414. The molecule has 5 nitrogen and oxygen atoms in total. The van der Waals surface area contributed by atoms with Gasteiger partial charge in [0.15, 0.2) is 5.96 Å². The van der Waals surface area contributed by atoms with Crippen LogP contribution in [-0.2, 0) is 16.0 Å². The number of methoxy groups -OCH3 is 1. The predicted octanol–water partition coefficient (Wildman–Crippen LogP) is 2.90. The number of halogens is 1. The molecule has 1 aromatic carbocycles. The van der Waals surface area contributed by atoms with E-state index in [0.717, 1.165) is 45.1 Å². The van der Waals surface area contributed by atoms with Crippen LogP contribution in [0.1, 0.15) is 25.3 Å². The van der Waals surface area contributed by atoms with Gasteiger partial charge in [-0.05, 0) is 12.5 Å². The second kappa shape index (κ2) is 10.9. The Labute approximate surface area is 162 Å². The predicted molar refractivity (Wildman–Crippen MR) is 109 cm³/mol. The third kappa shape index (κ3) is 6.22. The second-order valence-corrected chi connectivity index (χ2v) is 6.01. The molecule has 0 radical (unpaired) electrons. The van der Waals surface area contributed by atoms with Gasteiger partial charge in [-0.25, -0.2) is 0 Å². The van der Waals surface area contributed by atoms with Crippen molar-refractivity contribution in [3.63, 3.8) is 0 Å². The first-order valence-corrected chi connectivity index (χ1v) is 8.35. The molecular weight excluding hydrogens is 417 g/mol. The summed E-state index contributed by atoms with van der Waals surface area (Å²) in [5, 5.41) is 3.37. The SMILES string of the molecule is CCNC(=NCC1(OC)CCOCC1)N(C)Cc1ccccc1.I. The molecule has 0 spiro atoms. The molecule has 1 N–H and O–H groups in total. The van der Waals surface area contributed by atoms with Gasteiger partial charge < -0.3 is 19.7 Å². The maximum atomic E-state index is 5.77. The smallest absolute Gasteiger partial charge is 0.194 e. The van der Waals surface area contributed by atoms with Crippen LogP contribution in [0.25, 0.3) is 0 Å². The summed E-state index contributed by atoms with van der Waals surface area (Å²) in [6.45, 7) is 5.93. The van der Waals surface area contributed by atoms with Gasteiger partial charge in [-0.1, -0.05) is 30.3 Å². The molecular formula is C18H30IN3O2. The van der Waals surface area contributed by atoms with Gasteiger partial charge >= 0.3 is 0 Å². The average molecular weight is 447 g/mol. The monoisotopic (exact) mass is 447 g/mol. The topological polar surface area (TPSA) is 46.1 Å². The summed E-state index contributed by atoms with van der Waals surface area (Å²) >= 11 is 0. The Morgan fingerprint density at radius 1 is 1.29 bits per heavy atom. The molecule has 0 amide bonds. The Bertz CT molecular complexity index is 490. The summed E-state index contributed by atoms with van der Waals surface area (Å²) < 4.78 is 11.2. The first-order chi connectivity index (χ1) is 11.2. The van der Waals surface area contributed by atoms with Crippen LogP contribution in [0.3, 0.4) is 0 Å². The molecule has 136 valence electrons. The molecule has 0 aromatic heterocycles. The molecule has 1 heterocycles. The van der Waals surface area contributed by atoms with Gasteiger partial charge in [0.05, 0.1) is 12.1 Å². The maximum Gasteiger partial charge on any atom is 0.194 e. The lowest BCUT2D eigenvalue weighted by atomic mass is 9.94. The molecule has 0 unspecified atom stereocenters. The zero-order valence-electron chi connectivity index (χ0n) is 15.0. The molecule has 2 rings (SSSR count). The normalized spacial score (nSPS) is 17.0. The summed E-state index contributed by atoms with van der Waals surface area (Å²) in [6.07, 6.45) is 1.80. The van der Waals surface area contributed by atoms with Gasteiger partial charge in [-0.2, -0.15) is 0 Å². The van der Waals surface area contributed by atoms with Gasteiger partial charge in [-0.15, -0.1) is 24.0 Å². The van der Waals surface area contributed by atoms with E-state index in [-0.39, 0.29) is 29.6 Å². The van der Waals surface area contributed by atoms with E-state index >= 15 is 0 Å². The molecule has 1 fully saturated rings. The fourth-order valence-electron chi connectivity index (χ4n) is 2.79. The van der Waals surface area contributed by atoms with E-state index in [2.05, 4.69) is 48.5 Å². The summed E-state index contributed by atoms with van der Waals surface area (Å²) in [4.78, 5) is 6.98. The lowest BCUT2D eigenvalue weighted by molar-refractivity contribution is -0.0829. The second-order valence-electron chi connectivity index (χ2n) is 6.01. The van der Waals surface area contributed by atoms with Crippen LogP contribution in [0.15, 0.2) is 35.3 Å². The number of ether oxygens (including phenoxy) is 2. The van der Waals surface area contributed by atoms with Crippen LogP contribution >= 0.6 is 24.0 Å². The van der Waals surface area contributed by atoms with E-state index in [4.69, 9.17) is 14.5 Å². The lowest BCUT2D eigenvalue weighted by Crippen LogP contribution is -2.44. The van der Waals surface area contributed by atoms with Gasteiger partial charge in [0.2, 0.25) is 0 Å². The number of nitrogens with one attached hydrogen (secondary N) is 1. The lowest BCUT2D eigenvalue weighted by Gasteiger charge is -2.35. The zero-order chi connectivity index (χ0) is 16.5. The molecule has 1 aliphatic heterocycles. The van der Waals surface area contributed by atoms with E-state index < -0.39 is 0 Å². The summed E-state index contributed by atoms with van der Waals surface area (Å²) in [6, 6.07) is 10.4. The largest absolute Gasteiger partial charge is 0.381 e. The summed E-state index contributed by atoms with van der Waals surface area (Å²) in [7, 11) is 3.85. The number of guanidine groups is 1. The average Bonchev–Trinajstić information content (AvgIpc) is 2.60. The Hall–Kier alpha value is -0.860. The van der Waals surface area contributed by atoms with Crippen molar-refractivity contribution in [2.75, 3.05) is 40.5 Å². The zero-order valence-corrected chi connectivity index (χ0v) is 17.3. The highest BCUT2D eigenvalue weighted by Gasteiger charge is 2.32. The van der Waals surface area contributed by atoms with Crippen molar-refractivity contribution in [1.29, 1.82) is 0 Å². The van der Waals surface area contributed by atoms with Crippen molar-refractivity contribution < 1.29 is 9.47 Å². The third-order valence-corrected chi connectivity index (χ3v) is 4.31. The highest BCUT2D eigenvalue weighted by Crippen LogP contribution is 2.24. The molecule has 0 saturated carbocycles. The first kappa shape index (κ1) is 21.2. The van der Waals surface area contributed by atoms with Gasteiger partial charge in [0.1, 0.15) is 0 Å². The molecule has 0 aliphatic carbocycles. The van der Waals surface area contributed by atoms with Crippen molar-refractivity contribution in [3.05, 3.63) is 35.9 Å². The Morgan fingerprint density at radius 3 is 2.54 bits per heavy atom. The van der Waals surface area contributed by atoms with Gasteiger partial charge in [-0.3, -0.25) is 4.99 Å². The van der Waals surface area contributed by atoms with Crippen molar-refractivity contribution >= 4 is 29.9 Å². The minimum absolute atomic E-state index is 0. The highest BCUT2D eigenvalue weighted by atomic mass is 127. The van der Waals surface area contributed by atoms with Crippen molar-refractivity contribution in [1.82, 2.24) is 10.2 Å². The maximum absolute atomic E-state index is 5.77. The van der Waals surface area contributed by atoms with Crippen LogP contribution in [0.5, 0.6) is 0 Å². The number of hydrogen-bond donors (Lipinski definition) is 1. The first-order valence-electron chi connectivity index (χ1n) is 8.35. The number of rotatable bonds is 6. The Morgan fingerprint density at radius 2 is 1.96 bits per heavy atom. The van der Waals surface area contributed by atoms with Crippen LogP contribution in [0, 0.1) is 0 Å². The van der Waals surface area contributed by atoms with Crippen molar-refractivity contribution in [3.8, 4) is 0 Å². The van der Waals surface area contributed by atoms with E-state index in [0.29, 0.717) is 6.54 Å². The highest BCUT2D eigenvalue weighted by molar-refractivity contribution is 14.0. The summed E-state index contributed by atoms with van der Waals surface area (Å²) in [5.41, 5.74) is 1.08. The van der Waals surface area contributed by atoms with Crippen molar-refractivity contribution in [2.45, 2.75) is 31.9 Å². The van der Waals surface area contributed by atoms with Crippen LogP contribution < -0.4 is 5.32 Å². The van der Waals surface area contributed by atoms with Crippen molar-refractivity contribution in [2.24, 2.45) is 4.99 Å². The van der Waals surface area contributed by atoms with E-state index in [1.807, 2.05) is 6.07 Å². The van der Waals surface area contributed by atoms with E-state index in [1.54, 1.807) is 7.11 Å². The Kier molecular flexibility index (Phi) is 9.61. The van der Waals surface area contributed by atoms with E-state index in [9.17, 15) is 0 Å².